The average molecular weight is 332 g/mol. The standard InChI is InChI=1S/C18H28N4O2/c1-2-4-13(3-1)17-21-16-6-8-19-7-5-15(16)18(22-17)20-11-14-12-23-9-10-24-14/h13-14,19H,1-12H2,(H,20,21,22)/t14-/m1/s1. The molecule has 0 unspecified atom stereocenters. The molecule has 1 aromatic rings. The van der Waals surface area contributed by atoms with Crippen molar-refractivity contribution in [2.75, 3.05) is 44.8 Å². The summed E-state index contributed by atoms with van der Waals surface area (Å²) in [5.74, 6) is 2.62. The lowest BCUT2D eigenvalue weighted by atomic mass is 10.0. The van der Waals surface area contributed by atoms with Crippen LogP contribution >= 0.6 is 0 Å². The molecule has 6 heteroatoms. The maximum absolute atomic E-state index is 5.76. The molecule has 132 valence electrons. The Morgan fingerprint density at radius 3 is 2.79 bits per heavy atom. The van der Waals surface area contributed by atoms with Gasteiger partial charge in [-0.3, -0.25) is 0 Å². The molecule has 3 heterocycles. The highest BCUT2D eigenvalue weighted by molar-refractivity contribution is 5.48. The van der Waals surface area contributed by atoms with Crippen LogP contribution in [-0.2, 0) is 22.3 Å². The summed E-state index contributed by atoms with van der Waals surface area (Å²) >= 11 is 0. The molecule has 0 spiro atoms. The van der Waals surface area contributed by atoms with Crippen LogP contribution in [0.3, 0.4) is 0 Å². The lowest BCUT2D eigenvalue weighted by Gasteiger charge is -2.24. The highest BCUT2D eigenvalue weighted by atomic mass is 16.6. The van der Waals surface area contributed by atoms with Gasteiger partial charge in [0, 0.05) is 31.0 Å². The van der Waals surface area contributed by atoms with Crippen LogP contribution in [0.15, 0.2) is 0 Å². The number of rotatable bonds is 4. The van der Waals surface area contributed by atoms with Crippen molar-refractivity contribution in [3.63, 3.8) is 0 Å². The summed E-state index contributed by atoms with van der Waals surface area (Å²) in [5.41, 5.74) is 2.53. The van der Waals surface area contributed by atoms with Crippen molar-refractivity contribution >= 4 is 5.82 Å². The van der Waals surface area contributed by atoms with Gasteiger partial charge in [0.25, 0.3) is 0 Å². The first-order valence-corrected chi connectivity index (χ1v) is 9.44. The SMILES string of the molecule is C1CCC(c2nc3c(c(NC[C@@H]4COCCO4)n2)CCNCC3)C1. The second kappa shape index (κ2) is 7.76. The summed E-state index contributed by atoms with van der Waals surface area (Å²) in [5, 5.41) is 7.03. The van der Waals surface area contributed by atoms with E-state index >= 15 is 0 Å². The highest BCUT2D eigenvalue weighted by Crippen LogP contribution is 2.34. The van der Waals surface area contributed by atoms with Crippen molar-refractivity contribution in [1.29, 1.82) is 0 Å². The van der Waals surface area contributed by atoms with Crippen LogP contribution in [0.2, 0.25) is 0 Å². The Morgan fingerprint density at radius 2 is 1.96 bits per heavy atom. The summed E-state index contributed by atoms with van der Waals surface area (Å²) in [4.78, 5) is 9.91. The fourth-order valence-electron chi connectivity index (χ4n) is 3.94. The maximum Gasteiger partial charge on any atom is 0.134 e. The van der Waals surface area contributed by atoms with Crippen molar-refractivity contribution in [3.05, 3.63) is 17.1 Å². The van der Waals surface area contributed by atoms with E-state index < -0.39 is 0 Å². The van der Waals surface area contributed by atoms with E-state index in [0.717, 1.165) is 44.1 Å². The third kappa shape index (κ3) is 3.71. The van der Waals surface area contributed by atoms with Crippen molar-refractivity contribution in [1.82, 2.24) is 15.3 Å². The molecule has 24 heavy (non-hydrogen) atoms. The minimum Gasteiger partial charge on any atom is -0.376 e. The topological polar surface area (TPSA) is 68.3 Å². The quantitative estimate of drug-likeness (QED) is 0.874. The second-order valence-corrected chi connectivity index (χ2v) is 7.04. The number of fused-ring (bicyclic) bond motifs is 1. The lowest BCUT2D eigenvalue weighted by Crippen LogP contribution is -2.34. The lowest BCUT2D eigenvalue weighted by molar-refractivity contribution is -0.0819. The molecule has 0 radical (unpaired) electrons. The number of anilines is 1. The largest absolute Gasteiger partial charge is 0.376 e. The van der Waals surface area contributed by atoms with E-state index in [1.165, 1.54) is 36.9 Å². The fourth-order valence-corrected chi connectivity index (χ4v) is 3.94. The predicted octanol–water partition coefficient (Wildman–Crippen LogP) is 1.65. The van der Waals surface area contributed by atoms with Crippen molar-refractivity contribution in [2.24, 2.45) is 0 Å². The van der Waals surface area contributed by atoms with Crippen LogP contribution in [0.5, 0.6) is 0 Å². The molecule has 4 rings (SSSR count). The number of hydrogen-bond donors (Lipinski definition) is 2. The predicted molar refractivity (Wildman–Crippen MR) is 92.6 cm³/mol. The van der Waals surface area contributed by atoms with Crippen LogP contribution < -0.4 is 10.6 Å². The van der Waals surface area contributed by atoms with E-state index in [-0.39, 0.29) is 6.10 Å². The van der Waals surface area contributed by atoms with Gasteiger partial charge in [-0.2, -0.15) is 0 Å². The molecule has 1 saturated heterocycles. The number of aromatic nitrogens is 2. The summed E-state index contributed by atoms with van der Waals surface area (Å²) < 4.78 is 11.3. The highest BCUT2D eigenvalue weighted by Gasteiger charge is 2.24. The smallest absolute Gasteiger partial charge is 0.134 e. The van der Waals surface area contributed by atoms with Crippen LogP contribution in [0.1, 0.15) is 48.7 Å². The van der Waals surface area contributed by atoms with E-state index in [1.807, 2.05) is 0 Å². The van der Waals surface area contributed by atoms with E-state index in [0.29, 0.717) is 25.7 Å². The van der Waals surface area contributed by atoms with Gasteiger partial charge in [-0.25, -0.2) is 9.97 Å². The van der Waals surface area contributed by atoms with Crippen molar-refractivity contribution in [2.45, 2.75) is 50.5 Å². The molecule has 2 N–H and O–H groups in total. The molecule has 1 aromatic heterocycles. The number of nitrogens with one attached hydrogen (secondary N) is 2. The van der Waals surface area contributed by atoms with Crippen LogP contribution in [-0.4, -0.2) is 55.5 Å². The van der Waals surface area contributed by atoms with Gasteiger partial charge in [-0.15, -0.1) is 0 Å². The van der Waals surface area contributed by atoms with E-state index in [2.05, 4.69) is 10.6 Å². The van der Waals surface area contributed by atoms with Crippen molar-refractivity contribution in [3.8, 4) is 0 Å². The first-order valence-electron chi connectivity index (χ1n) is 9.44. The summed E-state index contributed by atoms with van der Waals surface area (Å²) in [6.07, 6.45) is 7.18. The normalized spacial score (nSPS) is 25.2. The third-order valence-corrected chi connectivity index (χ3v) is 5.30. The van der Waals surface area contributed by atoms with Gasteiger partial charge in [-0.1, -0.05) is 12.8 Å². The van der Waals surface area contributed by atoms with Gasteiger partial charge >= 0.3 is 0 Å². The maximum atomic E-state index is 5.76. The van der Waals surface area contributed by atoms with E-state index in [9.17, 15) is 0 Å². The Labute approximate surface area is 143 Å². The Hall–Kier alpha value is -1.24. The van der Waals surface area contributed by atoms with Crippen LogP contribution in [0.4, 0.5) is 5.82 Å². The molecular formula is C18H28N4O2. The molecule has 0 aromatic carbocycles. The first-order chi connectivity index (χ1) is 11.9. The van der Waals surface area contributed by atoms with Crippen LogP contribution in [0.25, 0.3) is 0 Å². The molecule has 0 amide bonds. The Kier molecular flexibility index (Phi) is 5.25. The molecule has 3 aliphatic rings. The fraction of sp³-hybridized carbons (Fsp3) is 0.778. The second-order valence-electron chi connectivity index (χ2n) is 7.04. The molecule has 1 atom stereocenters. The number of nitrogens with zero attached hydrogens (tertiary/aromatic N) is 2. The summed E-state index contributed by atoms with van der Waals surface area (Å²) in [7, 11) is 0. The van der Waals surface area contributed by atoms with Gasteiger partial charge in [0.1, 0.15) is 11.6 Å². The van der Waals surface area contributed by atoms with E-state index in [1.54, 1.807) is 0 Å². The first kappa shape index (κ1) is 16.2. The molecule has 6 nitrogen and oxygen atoms in total. The molecular weight excluding hydrogens is 304 g/mol. The van der Waals surface area contributed by atoms with Gasteiger partial charge in [0.2, 0.25) is 0 Å². The van der Waals surface area contributed by atoms with Crippen molar-refractivity contribution < 1.29 is 9.47 Å². The molecule has 2 aliphatic heterocycles. The Bertz CT molecular complexity index is 554. The minimum absolute atomic E-state index is 0.114. The minimum atomic E-state index is 0.114. The molecule has 0 bridgehead atoms. The average Bonchev–Trinajstić information content (AvgIpc) is 3.06. The summed E-state index contributed by atoms with van der Waals surface area (Å²) in [6, 6.07) is 0. The zero-order valence-electron chi connectivity index (χ0n) is 14.4. The van der Waals surface area contributed by atoms with Gasteiger partial charge < -0.3 is 20.1 Å². The van der Waals surface area contributed by atoms with E-state index in [4.69, 9.17) is 19.4 Å². The number of hydrogen-bond acceptors (Lipinski definition) is 6. The van der Waals surface area contributed by atoms with Gasteiger partial charge in [0.15, 0.2) is 0 Å². The Morgan fingerprint density at radius 1 is 1.08 bits per heavy atom. The number of ether oxygens (including phenoxy) is 2. The van der Waals surface area contributed by atoms with Crippen LogP contribution in [0, 0.1) is 0 Å². The van der Waals surface area contributed by atoms with Gasteiger partial charge in [0.05, 0.1) is 31.6 Å². The third-order valence-electron chi connectivity index (χ3n) is 5.30. The zero-order valence-corrected chi connectivity index (χ0v) is 14.4. The molecule has 1 aliphatic carbocycles. The molecule has 2 fully saturated rings. The Balaban J connectivity index is 1.56. The summed E-state index contributed by atoms with van der Waals surface area (Å²) in [6.45, 7) is 4.81. The zero-order chi connectivity index (χ0) is 16.2. The molecule has 1 saturated carbocycles. The van der Waals surface area contributed by atoms with Gasteiger partial charge in [-0.05, 0) is 25.8 Å². The monoisotopic (exact) mass is 332 g/mol.